The lowest BCUT2D eigenvalue weighted by atomic mass is 9.96. The standard InChI is InChI=1S/C27H28ClN3O3S/c1-5-30(6-2)19-14-12-18(13-15-19)16-22-25(32)31-24(20-10-8-9-11-21(20)28)23(26(33)34-7-3)17(4)29-27(31)35-22/h8-16,24H,5-7H2,1-4H3/b22-16-/t24-/m1/s1. The minimum Gasteiger partial charge on any atom is -0.463 e. The van der Waals surface area contributed by atoms with Crippen LogP contribution in [0.5, 0.6) is 0 Å². The smallest absolute Gasteiger partial charge is 0.338 e. The Morgan fingerprint density at radius 3 is 2.46 bits per heavy atom. The molecule has 0 bridgehead atoms. The highest BCUT2D eigenvalue weighted by molar-refractivity contribution is 7.07. The van der Waals surface area contributed by atoms with Crippen LogP contribution < -0.4 is 19.8 Å². The summed E-state index contributed by atoms with van der Waals surface area (Å²) in [5.74, 6) is -0.500. The molecule has 8 heteroatoms. The highest BCUT2D eigenvalue weighted by Gasteiger charge is 2.34. The summed E-state index contributed by atoms with van der Waals surface area (Å²) in [4.78, 5) is 34.0. The predicted molar refractivity (Wildman–Crippen MR) is 142 cm³/mol. The molecule has 0 fully saturated rings. The number of ether oxygens (including phenoxy) is 1. The number of hydrogen-bond acceptors (Lipinski definition) is 6. The molecule has 2 aromatic carbocycles. The van der Waals surface area contributed by atoms with Gasteiger partial charge in [0, 0.05) is 23.8 Å². The van der Waals surface area contributed by atoms with Crippen LogP contribution in [0.15, 0.2) is 69.6 Å². The van der Waals surface area contributed by atoms with E-state index in [0.29, 0.717) is 31.2 Å². The molecule has 35 heavy (non-hydrogen) atoms. The second-order valence-corrected chi connectivity index (χ2v) is 9.50. The van der Waals surface area contributed by atoms with Gasteiger partial charge in [-0.3, -0.25) is 9.36 Å². The molecule has 6 nitrogen and oxygen atoms in total. The van der Waals surface area contributed by atoms with Gasteiger partial charge < -0.3 is 9.64 Å². The quantitative estimate of drug-likeness (QED) is 0.445. The van der Waals surface area contributed by atoms with Gasteiger partial charge in [0.25, 0.3) is 5.56 Å². The lowest BCUT2D eigenvalue weighted by Gasteiger charge is -2.25. The van der Waals surface area contributed by atoms with E-state index in [-0.39, 0.29) is 12.2 Å². The Hall–Kier alpha value is -3.16. The first kappa shape index (κ1) is 24.9. The summed E-state index contributed by atoms with van der Waals surface area (Å²) in [7, 11) is 0. The summed E-state index contributed by atoms with van der Waals surface area (Å²) in [6.07, 6.45) is 1.86. The molecule has 0 spiro atoms. The minimum absolute atomic E-state index is 0.221. The van der Waals surface area contributed by atoms with Gasteiger partial charge >= 0.3 is 5.97 Å². The van der Waals surface area contributed by atoms with E-state index in [9.17, 15) is 9.59 Å². The van der Waals surface area contributed by atoms with Crippen molar-refractivity contribution in [3.05, 3.63) is 95.6 Å². The first-order valence-corrected chi connectivity index (χ1v) is 12.9. The van der Waals surface area contributed by atoms with Crippen molar-refractivity contribution in [3.63, 3.8) is 0 Å². The molecule has 0 aliphatic carbocycles. The first-order chi connectivity index (χ1) is 16.9. The Morgan fingerprint density at radius 2 is 1.83 bits per heavy atom. The van der Waals surface area contributed by atoms with Crippen LogP contribution in [-0.2, 0) is 9.53 Å². The molecule has 1 aromatic heterocycles. The number of nitrogens with zero attached hydrogens (tertiary/aromatic N) is 3. The van der Waals surface area contributed by atoms with Crippen LogP contribution in [0.25, 0.3) is 6.08 Å². The monoisotopic (exact) mass is 509 g/mol. The average Bonchev–Trinajstić information content (AvgIpc) is 3.15. The largest absolute Gasteiger partial charge is 0.463 e. The molecule has 1 aliphatic rings. The van der Waals surface area contributed by atoms with E-state index in [0.717, 1.165) is 24.3 Å². The number of allylic oxidation sites excluding steroid dienone is 1. The van der Waals surface area contributed by atoms with Crippen LogP contribution in [0.3, 0.4) is 0 Å². The van der Waals surface area contributed by atoms with Gasteiger partial charge in [-0.15, -0.1) is 0 Å². The van der Waals surface area contributed by atoms with Gasteiger partial charge in [-0.2, -0.15) is 0 Å². The van der Waals surface area contributed by atoms with Crippen molar-refractivity contribution in [2.24, 2.45) is 4.99 Å². The Balaban J connectivity index is 1.87. The Morgan fingerprint density at radius 1 is 1.14 bits per heavy atom. The van der Waals surface area contributed by atoms with Gasteiger partial charge in [-0.05, 0) is 63.1 Å². The summed E-state index contributed by atoms with van der Waals surface area (Å²) in [5, 5.41) is 0.468. The third-order valence-electron chi connectivity index (χ3n) is 6.04. The van der Waals surface area contributed by atoms with Crippen LogP contribution in [0.4, 0.5) is 5.69 Å². The molecule has 1 atom stereocenters. The van der Waals surface area contributed by atoms with E-state index in [2.05, 4.69) is 35.9 Å². The zero-order valence-electron chi connectivity index (χ0n) is 20.2. The third-order valence-corrected chi connectivity index (χ3v) is 7.36. The maximum absolute atomic E-state index is 13.7. The van der Waals surface area contributed by atoms with Crippen molar-refractivity contribution in [1.29, 1.82) is 0 Å². The molecule has 0 saturated carbocycles. The van der Waals surface area contributed by atoms with Gasteiger partial charge in [0.15, 0.2) is 4.80 Å². The van der Waals surface area contributed by atoms with Gasteiger partial charge in [0.05, 0.1) is 22.4 Å². The van der Waals surface area contributed by atoms with E-state index < -0.39 is 12.0 Å². The number of esters is 1. The molecule has 0 radical (unpaired) electrons. The van der Waals surface area contributed by atoms with E-state index in [4.69, 9.17) is 16.3 Å². The first-order valence-electron chi connectivity index (χ1n) is 11.7. The van der Waals surface area contributed by atoms with Crippen molar-refractivity contribution >= 4 is 40.7 Å². The molecule has 2 heterocycles. The van der Waals surface area contributed by atoms with Gasteiger partial charge in [0.2, 0.25) is 0 Å². The summed E-state index contributed by atoms with van der Waals surface area (Å²) in [5.41, 5.74) is 3.33. The van der Waals surface area contributed by atoms with Crippen LogP contribution >= 0.6 is 22.9 Å². The SMILES string of the molecule is CCOC(=O)C1=C(C)N=c2s/c(=C\c3ccc(N(CC)CC)cc3)c(=O)n2[C@@H]1c1ccccc1Cl. The van der Waals surface area contributed by atoms with Crippen molar-refractivity contribution in [3.8, 4) is 0 Å². The van der Waals surface area contributed by atoms with Crippen LogP contribution in [0.1, 0.15) is 44.9 Å². The summed E-state index contributed by atoms with van der Waals surface area (Å²) in [6.45, 7) is 9.84. The molecule has 182 valence electrons. The summed E-state index contributed by atoms with van der Waals surface area (Å²) >= 11 is 7.84. The average molecular weight is 510 g/mol. The normalized spacial score (nSPS) is 15.6. The number of thiazole rings is 1. The van der Waals surface area contributed by atoms with E-state index in [1.54, 1.807) is 24.5 Å². The Bertz CT molecular complexity index is 1450. The zero-order valence-corrected chi connectivity index (χ0v) is 21.8. The lowest BCUT2D eigenvalue weighted by molar-refractivity contribution is -0.139. The van der Waals surface area contributed by atoms with E-state index in [1.165, 1.54) is 11.3 Å². The molecule has 0 saturated heterocycles. The number of halogens is 1. The van der Waals surface area contributed by atoms with Crippen molar-refractivity contribution in [2.45, 2.75) is 33.7 Å². The number of carbonyl (C=O) groups is 1. The maximum atomic E-state index is 13.7. The fourth-order valence-electron chi connectivity index (χ4n) is 4.30. The predicted octanol–water partition coefficient (Wildman–Crippen LogP) is 4.30. The number of hydrogen-bond donors (Lipinski definition) is 0. The minimum atomic E-state index is -0.716. The molecule has 3 aromatic rings. The second kappa shape index (κ2) is 10.6. The summed E-state index contributed by atoms with van der Waals surface area (Å²) < 4.78 is 7.42. The van der Waals surface area contributed by atoms with Crippen LogP contribution in [0.2, 0.25) is 5.02 Å². The van der Waals surface area contributed by atoms with E-state index >= 15 is 0 Å². The van der Waals surface area contributed by atoms with Crippen molar-refractivity contribution in [1.82, 2.24) is 4.57 Å². The molecule has 1 aliphatic heterocycles. The number of fused-ring (bicyclic) bond motifs is 1. The number of rotatable bonds is 7. The molecular weight excluding hydrogens is 482 g/mol. The van der Waals surface area contributed by atoms with Gasteiger partial charge in [-0.1, -0.05) is 53.3 Å². The topological polar surface area (TPSA) is 63.9 Å². The molecule has 4 rings (SSSR count). The lowest BCUT2D eigenvalue weighted by Crippen LogP contribution is -2.40. The molecular formula is C27H28ClN3O3S. The number of aromatic nitrogens is 1. The van der Waals surface area contributed by atoms with Gasteiger partial charge in [-0.25, -0.2) is 9.79 Å². The van der Waals surface area contributed by atoms with E-state index in [1.807, 2.05) is 36.4 Å². The molecule has 0 amide bonds. The Labute approximate surface area is 213 Å². The fraction of sp³-hybridized carbons (Fsp3) is 0.296. The highest BCUT2D eigenvalue weighted by atomic mass is 35.5. The van der Waals surface area contributed by atoms with Crippen molar-refractivity contribution in [2.75, 3.05) is 24.6 Å². The van der Waals surface area contributed by atoms with Crippen molar-refractivity contribution < 1.29 is 9.53 Å². The van der Waals surface area contributed by atoms with Gasteiger partial charge in [0.1, 0.15) is 6.04 Å². The van der Waals surface area contributed by atoms with Crippen LogP contribution in [0, 0.1) is 0 Å². The molecule has 0 N–H and O–H groups in total. The number of benzene rings is 2. The molecule has 0 unspecified atom stereocenters. The second-order valence-electron chi connectivity index (χ2n) is 8.09. The highest BCUT2D eigenvalue weighted by Crippen LogP contribution is 2.34. The Kier molecular flexibility index (Phi) is 7.57. The number of carbonyl (C=O) groups excluding carboxylic acids is 1. The number of anilines is 1. The third kappa shape index (κ3) is 4.83. The fourth-order valence-corrected chi connectivity index (χ4v) is 5.59. The van der Waals surface area contributed by atoms with Crippen LogP contribution in [-0.4, -0.2) is 30.2 Å². The zero-order chi connectivity index (χ0) is 25.1. The maximum Gasteiger partial charge on any atom is 0.338 e. The summed E-state index contributed by atoms with van der Waals surface area (Å²) in [6, 6.07) is 14.7.